The lowest BCUT2D eigenvalue weighted by Crippen LogP contribution is -2.48. The average molecular weight is 245 g/mol. The number of rotatable bonds is 4. The molecule has 1 heterocycles. The molecule has 0 bridgehead atoms. The SMILES string of the molecule is COC(=O)C1CC(O)CN1CC(C)(O)C(C)C. The number of aliphatic hydroxyl groups is 2. The monoisotopic (exact) mass is 245 g/mol. The second kappa shape index (κ2) is 5.33. The van der Waals surface area contributed by atoms with Crippen LogP contribution in [-0.2, 0) is 9.53 Å². The summed E-state index contributed by atoms with van der Waals surface area (Å²) in [6.07, 6.45) is -0.150. The average Bonchev–Trinajstić information content (AvgIpc) is 2.57. The van der Waals surface area contributed by atoms with Crippen molar-refractivity contribution in [1.82, 2.24) is 4.90 Å². The Balaban J connectivity index is 2.71. The normalized spacial score (nSPS) is 29.4. The van der Waals surface area contributed by atoms with Gasteiger partial charge in [0.1, 0.15) is 6.04 Å². The van der Waals surface area contributed by atoms with Crippen LogP contribution in [0.15, 0.2) is 0 Å². The molecule has 0 radical (unpaired) electrons. The quantitative estimate of drug-likeness (QED) is 0.682. The largest absolute Gasteiger partial charge is 0.468 e. The van der Waals surface area contributed by atoms with E-state index in [0.717, 1.165) is 0 Å². The maximum atomic E-state index is 11.6. The third kappa shape index (κ3) is 3.40. The molecule has 100 valence electrons. The fraction of sp³-hybridized carbons (Fsp3) is 0.917. The summed E-state index contributed by atoms with van der Waals surface area (Å²) < 4.78 is 4.71. The number of carbonyl (C=O) groups is 1. The standard InChI is InChI=1S/C12H23NO4/c1-8(2)12(3,16)7-13-6-9(14)5-10(13)11(15)17-4/h8-10,14,16H,5-7H2,1-4H3. The topological polar surface area (TPSA) is 70.0 Å². The highest BCUT2D eigenvalue weighted by Crippen LogP contribution is 2.25. The summed E-state index contributed by atoms with van der Waals surface area (Å²) in [6.45, 7) is 6.38. The van der Waals surface area contributed by atoms with Crippen LogP contribution in [0.25, 0.3) is 0 Å². The van der Waals surface area contributed by atoms with Crippen molar-refractivity contribution in [3.05, 3.63) is 0 Å². The van der Waals surface area contributed by atoms with Gasteiger partial charge in [-0.2, -0.15) is 0 Å². The van der Waals surface area contributed by atoms with Crippen LogP contribution in [0.4, 0.5) is 0 Å². The number of carbonyl (C=O) groups excluding carboxylic acids is 1. The van der Waals surface area contributed by atoms with E-state index >= 15 is 0 Å². The number of likely N-dealkylation sites (tertiary alicyclic amines) is 1. The molecule has 0 aromatic carbocycles. The Morgan fingerprint density at radius 1 is 1.59 bits per heavy atom. The number of hydrogen-bond acceptors (Lipinski definition) is 5. The van der Waals surface area contributed by atoms with Gasteiger partial charge in [0.2, 0.25) is 0 Å². The van der Waals surface area contributed by atoms with Crippen molar-refractivity contribution in [3.63, 3.8) is 0 Å². The van der Waals surface area contributed by atoms with E-state index in [1.54, 1.807) is 11.8 Å². The first-order valence-electron chi connectivity index (χ1n) is 6.00. The molecule has 1 fully saturated rings. The third-order valence-corrected chi connectivity index (χ3v) is 3.62. The summed E-state index contributed by atoms with van der Waals surface area (Å²) in [5.74, 6) is -0.264. The van der Waals surface area contributed by atoms with Crippen molar-refractivity contribution in [2.24, 2.45) is 5.92 Å². The zero-order valence-electron chi connectivity index (χ0n) is 11.0. The van der Waals surface area contributed by atoms with E-state index in [0.29, 0.717) is 19.5 Å². The van der Waals surface area contributed by atoms with E-state index in [1.807, 2.05) is 13.8 Å². The molecule has 5 heteroatoms. The molecule has 5 nitrogen and oxygen atoms in total. The van der Waals surface area contributed by atoms with Gasteiger partial charge in [0, 0.05) is 19.5 Å². The highest BCUT2D eigenvalue weighted by atomic mass is 16.5. The second-order valence-electron chi connectivity index (χ2n) is 5.37. The van der Waals surface area contributed by atoms with Gasteiger partial charge in [0.25, 0.3) is 0 Å². The summed E-state index contributed by atoms with van der Waals surface area (Å²) >= 11 is 0. The van der Waals surface area contributed by atoms with Crippen molar-refractivity contribution in [3.8, 4) is 0 Å². The lowest BCUT2D eigenvalue weighted by molar-refractivity contribution is -0.147. The molecule has 0 aromatic rings. The third-order valence-electron chi connectivity index (χ3n) is 3.62. The predicted octanol–water partition coefficient (Wildman–Crippen LogP) is 0.00160. The van der Waals surface area contributed by atoms with Gasteiger partial charge in [-0.15, -0.1) is 0 Å². The van der Waals surface area contributed by atoms with Gasteiger partial charge in [-0.05, 0) is 12.8 Å². The van der Waals surface area contributed by atoms with Gasteiger partial charge in [0.05, 0.1) is 18.8 Å². The van der Waals surface area contributed by atoms with E-state index in [2.05, 4.69) is 0 Å². The molecule has 1 saturated heterocycles. The Morgan fingerprint density at radius 2 is 2.18 bits per heavy atom. The number of methoxy groups -OCH3 is 1. The van der Waals surface area contributed by atoms with Crippen LogP contribution >= 0.6 is 0 Å². The number of nitrogens with zero attached hydrogens (tertiary/aromatic N) is 1. The summed E-state index contributed by atoms with van der Waals surface area (Å²) in [6, 6.07) is -0.444. The fourth-order valence-corrected chi connectivity index (χ4v) is 2.03. The first kappa shape index (κ1) is 14.4. The second-order valence-corrected chi connectivity index (χ2v) is 5.37. The first-order chi connectivity index (χ1) is 7.77. The zero-order valence-corrected chi connectivity index (χ0v) is 11.0. The van der Waals surface area contributed by atoms with Gasteiger partial charge < -0.3 is 14.9 Å². The minimum absolute atomic E-state index is 0.0820. The Hall–Kier alpha value is -0.650. The van der Waals surface area contributed by atoms with Gasteiger partial charge in [-0.25, -0.2) is 0 Å². The molecule has 0 spiro atoms. The summed E-state index contributed by atoms with van der Waals surface area (Å²) in [5, 5.41) is 19.9. The molecule has 0 aromatic heterocycles. The molecule has 1 rings (SSSR count). The first-order valence-corrected chi connectivity index (χ1v) is 6.00. The Kier molecular flexibility index (Phi) is 4.52. The molecule has 17 heavy (non-hydrogen) atoms. The van der Waals surface area contributed by atoms with Crippen LogP contribution in [0, 0.1) is 5.92 Å². The van der Waals surface area contributed by atoms with Crippen LogP contribution in [0.2, 0.25) is 0 Å². The number of esters is 1. The van der Waals surface area contributed by atoms with Crippen molar-refractivity contribution >= 4 is 5.97 Å². The van der Waals surface area contributed by atoms with Crippen molar-refractivity contribution in [2.45, 2.75) is 44.9 Å². The lowest BCUT2D eigenvalue weighted by Gasteiger charge is -2.34. The van der Waals surface area contributed by atoms with Gasteiger partial charge in [-0.3, -0.25) is 9.69 Å². The maximum Gasteiger partial charge on any atom is 0.323 e. The lowest BCUT2D eigenvalue weighted by atomic mass is 9.92. The molecular formula is C12H23NO4. The highest BCUT2D eigenvalue weighted by Gasteiger charge is 2.40. The number of β-amino-alcohol motifs (C(OH)–C–C–N with tert-alkyl or cyclic N) is 2. The van der Waals surface area contributed by atoms with Gasteiger partial charge >= 0.3 is 5.97 Å². The fourth-order valence-electron chi connectivity index (χ4n) is 2.03. The molecule has 3 atom stereocenters. The highest BCUT2D eigenvalue weighted by molar-refractivity contribution is 5.76. The molecule has 0 amide bonds. The Labute approximate surface area is 102 Å². The van der Waals surface area contributed by atoms with Crippen molar-refractivity contribution in [1.29, 1.82) is 0 Å². The predicted molar refractivity (Wildman–Crippen MR) is 63.5 cm³/mol. The van der Waals surface area contributed by atoms with E-state index in [9.17, 15) is 15.0 Å². The smallest absolute Gasteiger partial charge is 0.323 e. The van der Waals surface area contributed by atoms with Crippen LogP contribution in [0.5, 0.6) is 0 Å². The number of ether oxygens (including phenoxy) is 1. The van der Waals surface area contributed by atoms with E-state index in [4.69, 9.17) is 4.74 Å². The van der Waals surface area contributed by atoms with Crippen molar-refractivity contribution < 1.29 is 19.7 Å². The van der Waals surface area contributed by atoms with Crippen LogP contribution in [0.3, 0.4) is 0 Å². The van der Waals surface area contributed by atoms with E-state index < -0.39 is 17.7 Å². The molecular weight excluding hydrogens is 222 g/mol. The maximum absolute atomic E-state index is 11.6. The molecule has 1 aliphatic heterocycles. The van der Waals surface area contributed by atoms with Gasteiger partial charge in [-0.1, -0.05) is 13.8 Å². The summed E-state index contributed by atoms with van der Waals surface area (Å²) in [7, 11) is 1.34. The molecule has 0 saturated carbocycles. The Morgan fingerprint density at radius 3 is 2.65 bits per heavy atom. The van der Waals surface area contributed by atoms with Crippen molar-refractivity contribution in [2.75, 3.05) is 20.2 Å². The molecule has 3 unspecified atom stereocenters. The zero-order chi connectivity index (χ0) is 13.2. The van der Waals surface area contributed by atoms with Crippen LogP contribution in [-0.4, -0.2) is 59.0 Å². The van der Waals surface area contributed by atoms with E-state index in [-0.39, 0.29) is 11.9 Å². The molecule has 1 aliphatic rings. The number of aliphatic hydroxyl groups excluding tert-OH is 1. The number of hydrogen-bond donors (Lipinski definition) is 2. The van der Waals surface area contributed by atoms with E-state index in [1.165, 1.54) is 7.11 Å². The summed E-state index contributed by atoms with van der Waals surface area (Å²) in [5.41, 5.74) is -0.879. The van der Waals surface area contributed by atoms with Gasteiger partial charge in [0.15, 0.2) is 0 Å². The minimum atomic E-state index is -0.879. The molecule has 0 aliphatic carbocycles. The minimum Gasteiger partial charge on any atom is -0.468 e. The Bertz CT molecular complexity index is 278. The molecule has 2 N–H and O–H groups in total. The van der Waals surface area contributed by atoms with Crippen LogP contribution < -0.4 is 0 Å². The van der Waals surface area contributed by atoms with Crippen LogP contribution in [0.1, 0.15) is 27.2 Å². The summed E-state index contributed by atoms with van der Waals surface area (Å²) in [4.78, 5) is 13.4.